The van der Waals surface area contributed by atoms with Crippen molar-refractivity contribution in [2.75, 3.05) is 32.2 Å². The third kappa shape index (κ3) is 4.61. The van der Waals surface area contributed by atoms with Crippen LogP contribution in [0.4, 0.5) is 5.69 Å². The van der Waals surface area contributed by atoms with E-state index in [1.54, 1.807) is 18.2 Å². The number of anilines is 1. The van der Waals surface area contributed by atoms with Crippen molar-refractivity contribution in [3.05, 3.63) is 23.2 Å². The molecule has 0 saturated carbocycles. The number of esters is 1. The molecule has 1 aliphatic heterocycles. The van der Waals surface area contributed by atoms with Gasteiger partial charge in [0, 0.05) is 18.2 Å². The van der Waals surface area contributed by atoms with Gasteiger partial charge in [0.05, 0.1) is 18.7 Å². The lowest BCUT2D eigenvalue weighted by Gasteiger charge is -2.20. The monoisotopic (exact) mass is 327 g/mol. The fourth-order valence-corrected chi connectivity index (χ4v) is 2.32. The SMILES string of the molecule is COc1ccc(Cl)cc1NC(=O)COC(=O)C1CCOCC1. The van der Waals surface area contributed by atoms with E-state index >= 15 is 0 Å². The first kappa shape index (κ1) is 16.6. The van der Waals surface area contributed by atoms with Gasteiger partial charge in [-0.1, -0.05) is 11.6 Å². The van der Waals surface area contributed by atoms with Crippen molar-refractivity contribution in [1.29, 1.82) is 0 Å². The fraction of sp³-hybridized carbons (Fsp3) is 0.467. The van der Waals surface area contributed by atoms with Crippen molar-refractivity contribution >= 4 is 29.2 Å². The molecule has 6 nitrogen and oxygen atoms in total. The zero-order chi connectivity index (χ0) is 15.9. The maximum atomic E-state index is 11.9. The van der Waals surface area contributed by atoms with Crippen LogP contribution in [0.2, 0.25) is 5.02 Å². The minimum Gasteiger partial charge on any atom is -0.495 e. The Morgan fingerprint density at radius 1 is 1.36 bits per heavy atom. The molecular weight excluding hydrogens is 310 g/mol. The van der Waals surface area contributed by atoms with E-state index in [4.69, 9.17) is 25.8 Å². The molecule has 0 bridgehead atoms. The van der Waals surface area contributed by atoms with E-state index in [0.29, 0.717) is 42.5 Å². The molecule has 0 spiro atoms. The van der Waals surface area contributed by atoms with Crippen molar-refractivity contribution in [2.45, 2.75) is 12.8 Å². The number of nitrogens with one attached hydrogen (secondary N) is 1. The Balaban J connectivity index is 1.85. The molecule has 1 aliphatic rings. The van der Waals surface area contributed by atoms with Crippen LogP contribution in [0, 0.1) is 5.92 Å². The van der Waals surface area contributed by atoms with Gasteiger partial charge < -0.3 is 19.5 Å². The van der Waals surface area contributed by atoms with Gasteiger partial charge in [-0.05, 0) is 31.0 Å². The van der Waals surface area contributed by atoms with Crippen molar-refractivity contribution in [2.24, 2.45) is 5.92 Å². The zero-order valence-corrected chi connectivity index (χ0v) is 13.0. The van der Waals surface area contributed by atoms with Gasteiger partial charge in [-0.25, -0.2) is 0 Å². The molecule has 0 atom stereocenters. The van der Waals surface area contributed by atoms with E-state index < -0.39 is 5.91 Å². The first-order chi connectivity index (χ1) is 10.6. The average Bonchev–Trinajstić information content (AvgIpc) is 2.53. The largest absolute Gasteiger partial charge is 0.495 e. The Labute approximate surface area is 133 Å². The Hall–Kier alpha value is -1.79. The highest BCUT2D eigenvalue weighted by Gasteiger charge is 2.23. The van der Waals surface area contributed by atoms with Crippen LogP contribution in [0.25, 0.3) is 0 Å². The molecule has 1 fully saturated rings. The molecule has 1 heterocycles. The molecule has 1 saturated heterocycles. The summed E-state index contributed by atoms with van der Waals surface area (Å²) >= 11 is 5.88. The number of methoxy groups -OCH3 is 1. The smallest absolute Gasteiger partial charge is 0.309 e. The predicted octanol–water partition coefficient (Wildman–Crippen LogP) is 2.26. The van der Waals surface area contributed by atoms with Crippen LogP contribution in [0.15, 0.2) is 18.2 Å². The Bertz CT molecular complexity index is 543. The van der Waals surface area contributed by atoms with Gasteiger partial charge in [0.25, 0.3) is 5.91 Å². The van der Waals surface area contributed by atoms with Crippen molar-refractivity contribution in [3.63, 3.8) is 0 Å². The summed E-state index contributed by atoms with van der Waals surface area (Å²) in [6.45, 7) is 0.753. The van der Waals surface area contributed by atoms with Gasteiger partial charge in [-0.15, -0.1) is 0 Å². The van der Waals surface area contributed by atoms with Crippen LogP contribution in [0.1, 0.15) is 12.8 Å². The minimum absolute atomic E-state index is 0.192. The van der Waals surface area contributed by atoms with Gasteiger partial charge in [0.2, 0.25) is 0 Å². The maximum Gasteiger partial charge on any atom is 0.309 e. The maximum absolute atomic E-state index is 11.9. The number of hydrogen-bond donors (Lipinski definition) is 1. The number of benzene rings is 1. The van der Waals surface area contributed by atoms with E-state index in [1.165, 1.54) is 7.11 Å². The molecule has 0 aliphatic carbocycles. The summed E-state index contributed by atoms with van der Waals surface area (Å²) < 4.78 is 15.3. The van der Waals surface area contributed by atoms with Crippen molar-refractivity contribution in [1.82, 2.24) is 0 Å². The lowest BCUT2D eigenvalue weighted by molar-refractivity contribution is -0.154. The quantitative estimate of drug-likeness (QED) is 0.840. The summed E-state index contributed by atoms with van der Waals surface area (Å²) in [7, 11) is 1.49. The van der Waals surface area contributed by atoms with E-state index in [2.05, 4.69) is 5.32 Å². The molecule has 0 unspecified atom stereocenters. The molecule has 1 aromatic carbocycles. The molecule has 0 aromatic heterocycles. The molecular formula is C15H18ClNO5. The number of ether oxygens (including phenoxy) is 3. The van der Waals surface area contributed by atoms with Gasteiger partial charge in [0.15, 0.2) is 6.61 Å². The summed E-state index contributed by atoms with van der Waals surface area (Å²) in [5.41, 5.74) is 0.433. The van der Waals surface area contributed by atoms with Crippen molar-refractivity contribution in [3.8, 4) is 5.75 Å². The highest BCUT2D eigenvalue weighted by Crippen LogP contribution is 2.27. The standard InChI is InChI=1S/C15H18ClNO5/c1-20-13-3-2-11(16)8-12(13)17-14(18)9-22-15(19)10-4-6-21-7-5-10/h2-3,8,10H,4-7,9H2,1H3,(H,17,18). The Morgan fingerprint density at radius 2 is 2.09 bits per heavy atom. The normalized spacial score (nSPS) is 15.2. The molecule has 22 heavy (non-hydrogen) atoms. The fourth-order valence-electron chi connectivity index (χ4n) is 2.15. The van der Waals surface area contributed by atoms with Crippen molar-refractivity contribution < 1.29 is 23.8 Å². The molecule has 7 heteroatoms. The third-order valence-corrected chi connectivity index (χ3v) is 3.57. The number of halogens is 1. The number of carbonyl (C=O) groups is 2. The first-order valence-corrected chi connectivity index (χ1v) is 7.35. The highest BCUT2D eigenvalue weighted by atomic mass is 35.5. The summed E-state index contributed by atoms with van der Waals surface area (Å²) in [6, 6.07) is 4.87. The molecule has 1 N–H and O–H groups in total. The van der Waals surface area contributed by atoms with Crippen LogP contribution in [0.5, 0.6) is 5.75 Å². The van der Waals surface area contributed by atoms with E-state index in [1.807, 2.05) is 0 Å². The second-order valence-electron chi connectivity index (χ2n) is 4.89. The van der Waals surface area contributed by atoms with Gasteiger partial charge >= 0.3 is 5.97 Å². The zero-order valence-electron chi connectivity index (χ0n) is 12.3. The minimum atomic E-state index is -0.444. The Kier molecular flexibility index (Phi) is 6.03. The van der Waals surface area contributed by atoms with Crippen LogP contribution in [0.3, 0.4) is 0 Å². The highest BCUT2D eigenvalue weighted by molar-refractivity contribution is 6.31. The van der Waals surface area contributed by atoms with Crippen LogP contribution in [-0.4, -0.2) is 38.8 Å². The van der Waals surface area contributed by atoms with E-state index in [0.717, 1.165) is 0 Å². The number of carbonyl (C=O) groups excluding carboxylic acids is 2. The van der Waals surface area contributed by atoms with Crippen LogP contribution >= 0.6 is 11.6 Å². The van der Waals surface area contributed by atoms with E-state index in [-0.39, 0.29) is 18.5 Å². The first-order valence-electron chi connectivity index (χ1n) is 6.98. The van der Waals surface area contributed by atoms with Gasteiger partial charge in [0.1, 0.15) is 5.75 Å². The summed E-state index contributed by atoms with van der Waals surface area (Å²) in [6.07, 6.45) is 1.26. The summed E-state index contributed by atoms with van der Waals surface area (Å²) in [5, 5.41) is 3.08. The number of amides is 1. The summed E-state index contributed by atoms with van der Waals surface area (Å²) in [5.74, 6) is -0.520. The second kappa shape index (κ2) is 8.00. The predicted molar refractivity (Wildman–Crippen MR) is 81.1 cm³/mol. The van der Waals surface area contributed by atoms with Gasteiger partial charge in [-0.2, -0.15) is 0 Å². The van der Waals surface area contributed by atoms with Gasteiger partial charge in [-0.3, -0.25) is 9.59 Å². The average molecular weight is 328 g/mol. The lowest BCUT2D eigenvalue weighted by atomic mass is 10.0. The second-order valence-corrected chi connectivity index (χ2v) is 5.32. The topological polar surface area (TPSA) is 73.9 Å². The third-order valence-electron chi connectivity index (χ3n) is 3.34. The molecule has 2 rings (SSSR count). The lowest BCUT2D eigenvalue weighted by Crippen LogP contribution is -2.28. The molecule has 1 aromatic rings. The molecule has 0 radical (unpaired) electrons. The number of rotatable bonds is 5. The number of hydrogen-bond acceptors (Lipinski definition) is 5. The van der Waals surface area contributed by atoms with Crippen LogP contribution < -0.4 is 10.1 Å². The molecule has 120 valence electrons. The van der Waals surface area contributed by atoms with E-state index in [9.17, 15) is 9.59 Å². The van der Waals surface area contributed by atoms with Crippen LogP contribution in [-0.2, 0) is 19.1 Å². The Morgan fingerprint density at radius 3 is 2.77 bits per heavy atom. The summed E-state index contributed by atoms with van der Waals surface area (Å²) in [4.78, 5) is 23.7. The molecule has 1 amide bonds.